The van der Waals surface area contributed by atoms with Crippen LogP contribution in [0.25, 0.3) is 11.1 Å². The standard InChI is InChI=1S/C26H23NO4S/c28-25(29)24-16-32-15-23(17-8-2-1-3-9-17)27(24)26(30)31-14-22-20-12-6-4-10-18(20)19-11-5-7-13-21(19)22/h1-13,22-24H,14-16H2,(H,28,29)/t23-,24+/m1/s1. The smallest absolute Gasteiger partial charge is 0.411 e. The Balaban J connectivity index is 1.41. The monoisotopic (exact) mass is 445 g/mol. The van der Waals surface area contributed by atoms with E-state index in [1.807, 2.05) is 54.6 Å². The van der Waals surface area contributed by atoms with Gasteiger partial charge in [-0.15, -0.1) is 0 Å². The number of thioether (sulfide) groups is 1. The van der Waals surface area contributed by atoms with Gasteiger partial charge in [0.25, 0.3) is 0 Å². The van der Waals surface area contributed by atoms with Crippen molar-refractivity contribution in [3.05, 3.63) is 95.6 Å². The quantitative estimate of drug-likeness (QED) is 0.599. The number of amides is 1. The maximum atomic E-state index is 13.3. The molecular formula is C26H23NO4S. The molecule has 2 aliphatic rings. The molecule has 3 aromatic carbocycles. The Kier molecular flexibility index (Phi) is 5.62. The third-order valence-corrected chi connectivity index (χ3v) is 7.34. The average molecular weight is 446 g/mol. The molecule has 1 heterocycles. The molecule has 0 unspecified atom stereocenters. The molecule has 0 saturated carbocycles. The Bertz CT molecular complexity index is 1100. The molecule has 1 N–H and O–H groups in total. The maximum absolute atomic E-state index is 13.3. The Morgan fingerprint density at radius 2 is 1.47 bits per heavy atom. The van der Waals surface area contributed by atoms with Gasteiger partial charge in [-0.05, 0) is 27.8 Å². The van der Waals surface area contributed by atoms with E-state index in [-0.39, 0.29) is 18.6 Å². The predicted molar refractivity (Wildman–Crippen MR) is 125 cm³/mol. The molecule has 0 aromatic heterocycles. The fourth-order valence-electron chi connectivity index (χ4n) is 4.71. The molecule has 1 fully saturated rings. The molecule has 1 amide bonds. The van der Waals surface area contributed by atoms with Crippen LogP contribution in [0.3, 0.4) is 0 Å². The van der Waals surface area contributed by atoms with Crippen LogP contribution in [0.2, 0.25) is 0 Å². The van der Waals surface area contributed by atoms with E-state index in [1.165, 1.54) is 4.90 Å². The van der Waals surface area contributed by atoms with Crippen LogP contribution >= 0.6 is 11.8 Å². The first-order valence-corrected chi connectivity index (χ1v) is 11.8. The Morgan fingerprint density at radius 1 is 0.875 bits per heavy atom. The van der Waals surface area contributed by atoms with Crippen molar-refractivity contribution in [1.82, 2.24) is 4.90 Å². The van der Waals surface area contributed by atoms with Crippen LogP contribution in [0.4, 0.5) is 4.79 Å². The van der Waals surface area contributed by atoms with Crippen molar-refractivity contribution in [2.75, 3.05) is 18.1 Å². The molecule has 162 valence electrons. The second-order valence-electron chi connectivity index (χ2n) is 8.03. The van der Waals surface area contributed by atoms with Crippen molar-refractivity contribution in [1.29, 1.82) is 0 Å². The molecule has 1 aliphatic carbocycles. The molecule has 5 rings (SSSR count). The summed E-state index contributed by atoms with van der Waals surface area (Å²) in [6.07, 6.45) is -0.576. The van der Waals surface area contributed by atoms with Crippen molar-refractivity contribution in [3.63, 3.8) is 0 Å². The summed E-state index contributed by atoms with van der Waals surface area (Å²) < 4.78 is 5.83. The van der Waals surface area contributed by atoms with E-state index in [0.29, 0.717) is 11.5 Å². The molecule has 5 nitrogen and oxygen atoms in total. The summed E-state index contributed by atoms with van der Waals surface area (Å²) in [6, 6.07) is 24.6. The average Bonchev–Trinajstić information content (AvgIpc) is 3.16. The van der Waals surface area contributed by atoms with Gasteiger partial charge in [-0.25, -0.2) is 9.59 Å². The van der Waals surface area contributed by atoms with Gasteiger partial charge in [-0.2, -0.15) is 11.8 Å². The Morgan fingerprint density at radius 3 is 2.09 bits per heavy atom. The molecule has 0 spiro atoms. The number of rotatable bonds is 4. The number of hydrogen-bond acceptors (Lipinski definition) is 4. The number of nitrogens with zero attached hydrogens (tertiary/aromatic N) is 1. The summed E-state index contributed by atoms with van der Waals surface area (Å²) in [6.45, 7) is 0.171. The van der Waals surface area contributed by atoms with Crippen molar-refractivity contribution in [3.8, 4) is 11.1 Å². The lowest BCUT2D eigenvalue weighted by molar-refractivity contribution is -0.142. The minimum Gasteiger partial charge on any atom is -0.480 e. The van der Waals surface area contributed by atoms with Crippen molar-refractivity contribution in [2.24, 2.45) is 0 Å². The van der Waals surface area contributed by atoms with E-state index in [9.17, 15) is 14.7 Å². The highest BCUT2D eigenvalue weighted by atomic mass is 32.2. The highest BCUT2D eigenvalue weighted by molar-refractivity contribution is 7.99. The third kappa shape index (κ3) is 3.65. The van der Waals surface area contributed by atoms with Crippen LogP contribution in [0, 0.1) is 0 Å². The molecule has 1 aliphatic heterocycles. The van der Waals surface area contributed by atoms with Crippen LogP contribution < -0.4 is 0 Å². The van der Waals surface area contributed by atoms with Crippen molar-refractivity contribution >= 4 is 23.8 Å². The van der Waals surface area contributed by atoms with E-state index in [1.54, 1.807) is 11.8 Å². The highest BCUT2D eigenvalue weighted by Gasteiger charge is 2.41. The lowest BCUT2D eigenvalue weighted by Gasteiger charge is -2.39. The number of ether oxygens (including phenoxy) is 1. The number of hydrogen-bond donors (Lipinski definition) is 1. The van der Waals surface area contributed by atoms with Crippen molar-refractivity contribution in [2.45, 2.75) is 18.0 Å². The summed E-state index contributed by atoms with van der Waals surface area (Å²) in [5.41, 5.74) is 5.49. The van der Waals surface area contributed by atoms with E-state index in [0.717, 1.165) is 27.8 Å². The van der Waals surface area contributed by atoms with Crippen LogP contribution in [0.5, 0.6) is 0 Å². The predicted octanol–water partition coefficient (Wildman–Crippen LogP) is 5.18. The number of carbonyl (C=O) groups is 2. The maximum Gasteiger partial charge on any atom is 0.411 e. The highest BCUT2D eigenvalue weighted by Crippen LogP contribution is 2.44. The molecule has 1 saturated heterocycles. The van der Waals surface area contributed by atoms with Crippen LogP contribution in [0.1, 0.15) is 28.7 Å². The minimum absolute atomic E-state index is 0.0658. The second-order valence-corrected chi connectivity index (χ2v) is 9.10. The van der Waals surface area contributed by atoms with E-state index < -0.39 is 18.1 Å². The molecular weight excluding hydrogens is 422 g/mol. The van der Waals surface area contributed by atoms with E-state index in [2.05, 4.69) is 24.3 Å². The second kappa shape index (κ2) is 8.71. The molecule has 0 radical (unpaired) electrons. The number of carboxylic acid groups (broad SMARTS) is 1. The lowest BCUT2D eigenvalue weighted by atomic mass is 9.98. The van der Waals surface area contributed by atoms with Gasteiger partial charge in [0.15, 0.2) is 0 Å². The van der Waals surface area contributed by atoms with Crippen LogP contribution in [-0.2, 0) is 9.53 Å². The molecule has 32 heavy (non-hydrogen) atoms. The normalized spacial score (nSPS) is 19.8. The number of aliphatic carboxylic acids is 1. The SMILES string of the molecule is O=C(O)[C@@H]1CSC[C@H](c2ccccc2)N1C(=O)OCC1c2ccccc2-c2ccccc21. The Labute approximate surface area is 191 Å². The van der Waals surface area contributed by atoms with Gasteiger partial charge in [0.05, 0.1) is 6.04 Å². The van der Waals surface area contributed by atoms with Gasteiger partial charge in [0, 0.05) is 17.4 Å². The molecule has 6 heteroatoms. The van der Waals surface area contributed by atoms with Gasteiger partial charge in [0.2, 0.25) is 0 Å². The van der Waals surface area contributed by atoms with Crippen LogP contribution in [0.15, 0.2) is 78.9 Å². The zero-order valence-corrected chi connectivity index (χ0v) is 18.2. The number of carboxylic acids is 1. The molecule has 0 bridgehead atoms. The molecule has 3 aromatic rings. The minimum atomic E-state index is -1.01. The zero-order valence-electron chi connectivity index (χ0n) is 17.4. The fraction of sp³-hybridized carbons (Fsp3) is 0.231. The summed E-state index contributed by atoms with van der Waals surface area (Å²) in [5, 5.41) is 9.80. The third-order valence-electron chi connectivity index (χ3n) is 6.24. The largest absolute Gasteiger partial charge is 0.480 e. The van der Waals surface area contributed by atoms with E-state index in [4.69, 9.17) is 4.74 Å². The molecule has 2 atom stereocenters. The zero-order chi connectivity index (χ0) is 22.1. The van der Waals surface area contributed by atoms with E-state index >= 15 is 0 Å². The summed E-state index contributed by atoms with van der Waals surface area (Å²) in [5.74, 6) is -0.0866. The fourth-order valence-corrected chi connectivity index (χ4v) is 5.95. The summed E-state index contributed by atoms with van der Waals surface area (Å²) in [4.78, 5) is 26.7. The van der Waals surface area contributed by atoms with Crippen molar-refractivity contribution < 1.29 is 19.4 Å². The first kappa shape index (κ1) is 20.6. The Hall–Kier alpha value is -3.25. The first-order chi connectivity index (χ1) is 15.6. The number of benzene rings is 3. The summed E-state index contributed by atoms with van der Waals surface area (Å²) in [7, 11) is 0. The number of carbonyl (C=O) groups excluding carboxylic acids is 1. The van der Waals surface area contributed by atoms with Gasteiger partial charge >= 0.3 is 12.1 Å². The van der Waals surface area contributed by atoms with Crippen LogP contribution in [-0.4, -0.2) is 46.2 Å². The first-order valence-electron chi connectivity index (χ1n) is 10.6. The van der Waals surface area contributed by atoms with Gasteiger partial charge in [-0.1, -0.05) is 78.9 Å². The summed E-state index contributed by atoms with van der Waals surface area (Å²) >= 11 is 1.55. The van der Waals surface area contributed by atoms with Gasteiger partial charge in [-0.3, -0.25) is 4.90 Å². The number of fused-ring (bicyclic) bond motifs is 3. The topological polar surface area (TPSA) is 66.8 Å². The van der Waals surface area contributed by atoms with Gasteiger partial charge < -0.3 is 9.84 Å². The lowest BCUT2D eigenvalue weighted by Crippen LogP contribution is -2.52. The van der Waals surface area contributed by atoms with Gasteiger partial charge in [0.1, 0.15) is 12.6 Å².